The van der Waals surface area contributed by atoms with Crippen molar-refractivity contribution in [2.45, 2.75) is 40.3 Å². The summed E-state index contributed by atoms with van der Waals surface area (Å²) in [7, 11) is 0. The number of benzene rings is 1. The molecule has 0 saturated carbocycles. The van der Waals surface area contributed by atoms with E-state index in [0.717, 1.165) is 61.2 Å². The molecule has 0 N–H and O–H groups in total. The zero-order valence-electron chi connectivity index (χ0n) is 17.9. The highest BCUT2D eigenvalue weighted by atomic mass is 16.7. The molecule has 0 bridgehead atoms. The largest absolute Gasteiger partial charge is 0.454 e. The van der Waals surface area contributed by atoms with Crippen molar-refractivity contribution in [1.29, 1.82) is 0 Å². The molecule has 156 valence electrons. The minimum Gasteiger partial charge on any atom is -0.454 e. The number of carbonyl (C=O) groups is 1. The van der Waals surface area contributed by atoms with E-state index in [1.165, 1.54) is 5.56 Å². The van der Waals surface area contributed by atoms with Crippen molar-refractivity contribution in [3.8, 4) is 11.5 Å². The second kappa shape index (κ2) is 8.20. The van der Waals surface area contributed by atoms with Crippen LogP contribution in [0.5, 0.6) is 11.5 Å². The molecule has 3 heterocycles. The highest BCUT2D eigenvalue weighted by molar-refractivity contribution is 5.99. The Kier molecular flexibility index (Phi) is 5.65. The molecule has 4 rings (SSSR count). The Morgan fingerprint density at radius 1 is 1.00 bits per heavy atom. The van der Waals surface area contributed by atoms with Crippen molar-refractivity contribution < 1.29 is 14.3 Å². The molecule has 0 atom stereocenters. The zero-order chi connectivity index (χ0) is 20.5. The van der Waals surface area contributed by atoms with Gasteiger partial charge in [0.15, 0.2) is 17.3 Å². The normalized spacial score (nSPS) is 17.3. The summed E-state index contributed by atoms with van der Waals surface area (Å²) >= 11 is 0. The van der Waals surface area contributed by atoms with Crippen LogP contribution in [0.3, 0.4) is 0 Å². The average Bonchev–Trinajstić information content (AvgIpc) is 3.26. The summed E-state index contributed by atoms with van der Waals surface area (Å²) in [6, 6.07) is 8.58. The van der Waals surface area contributed by atoms with Crippen LogP contribution in [-0.2, 0) is 6.54 Å². The lowest BCUT2D eigenvalue weighted by molar-refractivity contribution is 0.0843. The van der Waals surface area contributed by atoms with Gasteiger partial charge in [-0.25, -0.2) is 0 Å². The van der Waals surface area contributed by atoms with Gasteiger partial charge in [-0.3, -0.25) is 14.6 Å². The van der Waals surface area contributed by atoms with E-state index in [1.54, 1.807) is 0 Å². The molecule has 29 heavy (non-hydrogen) atoms. The highest BCUT2D eigenvalue weighted by Gasteiger charge is 2.23. The highest BCUT2D eigenvalue weighted by Crippen LogP contribution is 2.32. The van der Waals surface area contributed by atoms with Crippen molar-refractivity contribution in [3.05, 3.63) is 46.8 Å². The number of rotatable bonds is 6. The Hall–Kier alpha value is -2.31. The quantitative estimate of drug-likeness (QED) is 0.699. The maximum atomic E-state index is 12.9. The van der Waals surface area contributed by atoms with Gasteiger partial charge in [0.25, 0.3) is 0 Å². The molecule has 1 aromatic carbocycles. The zero-order valence-corrected chi connectivity index (χ0v) is 17.9. The van der Waals surface area contributed by atoms with Gasteiger partial charge in [-0.1, -0.05) is 6.07 Å². The summed E-state index contributed by atoms with van der Waals surface area (Å²) in [5, 5.41) is 0. The maximum absolute atomic E-state index is 12.9. The van der Waals surface area contributed by atoms with Crippen LogP contribution in [0.1, 0.15) is 47.2 Å². The van der Waals surface area contributed by atoms with Gasteiger partial charge in [0, 0.05) is 55.7 Å². The molecule has 1 fully saturated rings. The van der Waals surface area contributed by atoms with Crippen molar-refractivity contribution in [2.75, 3.05) is 39.5 Å². The Morgan fingerprint density at radius 2 is 1.69 bits per heavy atom. The van der Waals surface area contributed by atoms with Crippen LogP contribution in [0.15, 0.2) is 24.3 Å². The molecule has 0 unspecified atom stereocenters. The van der Waals surface area contributed by atoms with Gasteiger partial charge in [0.2, 0.25) is 6.79 Å². The lowest BCUT2D eigenvalue weighted by Crippen LogP contribution is -2.47. The summed E-state index contributed by atoms with van der Waals surface area (Å²) in [5.41, 5.74) is 4.36. The summed E-state index contributed by atoms with van der Waals surface area (Å²) in [4.78, 5) is 17.6. The number of piperazine rings is 1. The molecular formula is C23H31N3O3. The molecule has 2 aliphatic heterocycles. The molecule has 0 spiro atoms. The van der Waals surface area contributed by atoms with Crippen LogP contribution >= 0.6 is 0 Å². The molecule has 2 aliphatic rings. The van der Waals surface area contributed by atoms with E-state index < -0.39 is 0 Å². The predicted octanol–water partition coefficient (Wildman–Crippen LogP) is 3.42. The number of ether oxygens (including phenoxy) is 2. The Bertz CT molecular complexity index is 895. The van der Waals surface area contributed by atoms with Crippen LogP contribution < -0.4 is 9.47 Å². The lowest BCUT2D eigenvalue weighted by Gasteiger charge is -2.34. The van der Waals surface area contributed by atoms with Gasteiger partial charge in [0.1, 0.15) is 0 Å². The summed E-state index contributed by atoms with van der Waals surface area (Å²) in [6.07, 6.45) is 0. The van der Waals surface area contributed by atoms with Gasteiger partial charge in [-0.15, -0.1) is 0 Å². The van der Waals surface area contributed by atoms with Gasteiger partial charge in [0.05, 0.1) is 6.54 Å². The Balaban J connectivity index is 1.31. The summed E-state index contributed by atoms with van der Waals surface area (Å²) in [5.74, 6) is 1.90. The number of aromatic nitrogens is 1. The number of fused-ring (bicyclic) bond motifs is 1. The van der Waals surface area contributed by atoms with Crippen molar-refractivity contribution >= 4 is 5.78 Å². The fourth-order valence-corrected chi connectivity index (χ4v) is 4.55. The maximum Gasteiger partial charge on any atom is 0.231 e. The first-order valence-corrected chi connectivity index (χ1v) is 10.5. The van der Waals surface area contributed by atoms with Crippen molar-refractivity contribution in [2.24, 2.45) is 0 Å². The van der Waals surface area contributed by atoms with Crippen molar-refractivity contribution in [1.82, 2.24) is 14.4 Å². The molecule has 1 aromatic heterocycles. The van der Waals surface area contributed by atoms with Crippen molar-refractivity contribution in [3.63, 3.8) is 0 Å². The smallest absolute Gasteiger partial charge is 0.231 e. The molecule has 0 aliphatic carbocycles. The second-order valence-electron chi connectivity index (χ2n) is 8.41. The second-order valence-corrected chi connectivity index (χ2v) is 8.41. The van der Waals surface area contributed by atoms with Crippen LogP contribution in [0, 0.1) is 13.8 Å². The first kappa shape index (κ1) is 20.0. The molecule has 0 radical (unpaired) electrons. The summed E-state index contributed by atoms with van der Waals surface area (Å²) in [6.45, 7) is 13.9. The number of hydrogen-bond acceptors (Lipinski definition) is 5. The van der Waals surface area contributed by atoms with Crippen LogP contribution in [0.25, 0.3) is 0 Å². The molecule has 1 saturated heterocycles. The molecule has 6 heteroatoms. The standard InChI is InChI=1S/C23H31N3O3/c1-16(2)26-17(3)11-20(18(26)4)21(27)14-25-9-7-24(8-10-25)13-19-5-6-22-23(12-19)29-15-28-22/h5-6,11-12,16H,7-10,13-15H2,1-4H3. The first-order chi connectivity index (χ1) is 13.9. The topological polar surface area (TPSA) is 46.9 Å². The monoisotopic (exact) mass is 397 g/mol. The van der Waals surface area contributed by atoms with Crippen LogP contribution in [0.2, 0.25) is 0 Å². The van der Waals surface area contributed by atoms with Gasteiger partial charge >= 0.3 is 0 Å². The van der Waals surface area contributed by atoms with Gasteiger partial charge < -0.3 is 14.0 Å². The van der Waals surface area contributed by atoms with E-state index in [0.29, 0.717) is 19.4 Å². The average molecular weight is 398 g/mol. The molecule has 2 aromatic rings. The number of ketones is 1. The van der Waals surface area contributed by atoms with Crippen LogP contribution in [-0.4, -0.2) is 59.7 Å². The number of nitrogens with zero attached hydrogens (tertiary/aromatic N) is 3. The fraction of sp³-hybridized carbons (Fsp3) is 0.522. The minimum atomic E-state index is 0.231. The lowest BCUT2D eigenvalue weighted by atomic mass is 10.1. The van der Waals surface area contributed by atoms with E-state index in [-0.39, 0.29) is 5.78 Å². The van der Waals surface area contributed by atoms with E-state index in [9.17, 15) is 4.79 Å². The third kappa shape index (κ3) is 4.19. The van der Waals surface area contributed by atoms with E-state index >= 15 is 0 Å². The molecular weight excluding hydrogens is 366 g/mol. The molecule has 0 amide bonds. The predicted molar refractivity (Wildman–Crippen MR) is 113 cm³/mol. The van der Waals surface area contributed by atoms with Crippen LogP contribution in [0.4, 0.5) is 0 Å². The van der Waals surface area contributed by atoms with E-state index in [4.69, 9.17) is 9.47 Å². The third-order valence-electron chi connectivity index (χ3n) is 5.98. The minimum absolute atomic E-state index is 0.231. The first-order valence-electron chi connectivity index (χ1n) is 10.5. The van der Waals surface area contributed by atoms with E-state index in [1.807, 2.05) is 12.1 Å². The fourth-order valence-electron chi connectivity index (χ4n) is 4.55. The Morgan fingerprint density at radius 3 is 2.38 bits per heavy atom. The van der Waals surface area contributed by atoms with Gasteiger partial charge in [-0.05, 0) is 51.5 Å². The third-order valence-corrected chi connectivity index (χ3v) is 5.98. The number of Topliss-reactive ketones (excluding diaryl/α,β-unsaturated/α-hetero) is 1. The number of hydrogen-bond donors (Lipinski definition) is 0. The summed E-state index contributed by atoms with van der Waals surface area (Å²) < 4.78 is 13.1. The number of carbonyl (C=O) groups excluding carboxylic acids is 1. The van der Waals surface area contributed by atoms with Gasteiger partial charge in [-0.2, -0.15) is 0 Å². The Labute approximate surface area is 173 Å². The van der Waals surface area contributed by atoms with E-state index in [2.05, 4.69) is 54.2 Å². The molecule has 6 nitrogen and oxygen atoms in total. The number of aryl methyl sites for hydroxylation is 1. The SMILES string of the molecule is Cc1cc(C(=O)CN2CCN(Cc3ccc4c(c3)OCO4)CC2)c(C)n1C(C)C.